The van der Waals surface area contributed by atoms with Crippen LogP contribution < -0.4 is 0 Å². The molecule has 0 bridgehead atoms. The van der Waals surface area contributed by atoms with Crippen LogP contribution in [0.1, 0.15) is 30.6 Å². The summed E-state index contributed by atoms with van der Waals surface area (Å²) >= 11 is 1.71. The predicted molar refractivity (Wildman–Crippen MR) is 102 cm³/mol. The monoisotopic (exact) mass is 382 g/mol. The Hall–Kier alpha value is -1.05. The first kappa shape index (κ1) is 18.7. The van der Waals surface area contributed by atoms with Gasteiger partial charge >= 0.3 is 0 Å². The van der Waals surface area contributed by atoms with E-state index in [1.54, 1.807) is 11.8 Å². The summed E-state index contributed by atoms with van der Waals surface area (Å²) in [6.07, 6.45) is 0.726. The van der Waals surface area contributed by atoms with Crippen LogP contribution in [-0.2, 0) is 9.84 Å². The highest BCUT2D eigenvalue weighted by Crippen LogP contribution is 2.28. The van der Waals surface area contributed by atoms with E-state index in [9.17, 15) is 13.2 Å². The highest BCUT2D eigenvalue weighted by Gasteiger charge is 2.34. The van der Waals surface area contributed by atoms with Gasteiger partial charge in [0.05, 0.1) is 17.1 Å². The maximum atomic E-state index is 12.9. The van der Waals surface area contributed by atoms with Crippen molar-refractivity contribution in [1.29, 1.82) is 0 Å². The summed E-state index contributed by atoms with van der Waals surface area (Å²) in [5.41, 5.74) is 0.776. The van der Waals surface area contributed by atoms with Gasteiger partial charge in [0.1, 0.15) is 0 Å². The predicted octanol–water partition coefficient (Wildman–Crippen LogP) is 2.13. The summed E-state index contributed by atoms with van der Waals surface area (Å²) in [7, 11) is -2.86. The molecule has 2 heterocycles. The second kappa shape index (κ2) is 7.68. The fourth-order valence-electron chi connectivity index (χ4n) is 3.52. The fourth-order valence-corrected chi connectivity index (χ4v) is 6.23. The number of hydrogen-bond acceptors (Lipinski definition) is 5. The molecule has 0 N–H and O–H groups in total. The minimum absolute atomic E-state index is 0.0856. The van der Waals surface area contributed by atoms with Crippen molar-refractivity contribution in [3.05, 3.63) is 29.8 Å². The molecule has 1 atom stereocenters. The number of nitrogens with zero attached hydrogens (tertiary/aromatic N) is 2. The lowest BCUT2D eigenvalue weighted by Gasteiger charge is -2.37. The van der Waals surface area contributed by atoms with Crippen LogP contribution in [0.25, 0.3) is 0 Å². The highest BCUT2D eigenvalue weighted by molar-refractivity contribution is 8.00. The van der Waals surface area contributed by atoms with Crippen LogP contribution in [0.3, 0.4) is 0 Å². The minimum Gasteiger partial charge on any atom is -0.336 e. The number of hydrogen-bond donors (Lipinski definition) is 0. The van der Waals surface area contributed by atoms with Crippen molar-refractivity contribution in [2.45, 2.75) is 36.5 Å². The molecular weight excluding hydrogens is 356 g/mol. The number of carbonyl (C=O) groups is 1. The average molecular weight is 383 g/mol. The fraction of sp³-hybridized carbons (Fsp3) is 0.611. The molecular formula is C18H26N2O3S2. The lowest BCUT2D eigenvalue weighted by atomic mass is 10.1. The van der Waals surface area contributed by atoms with Gasteiger partial charge in [-0.05, 0) is 18.6 Å². The second-order valence-electron chi connectivity index (χ2n) is 7.05. The molecule has 7 heteroatoms. The van der Waals surface area contributed by atoms with E-state index in [2.05, 4.69) is 18.7 Å². The van der Waals surface area contributed by atoms with Gasteiger partial charge in [0, 0.05) is 42.4 Å². The number of piperazine rings is 1. The van der Waals surface area contributed by atoms with Gasteiger partial charge in [-0.25, -0.2) is 8.42 Å². The van der Waals surface area contributed by atoms with Crippen molar-refractivity contribution >= 4 is 27.5 Å². The van der Waals surface area contributed by atoms with Gasteiger partial charge < -0.3 is 4.90 Å². The van der Waals surface area contributed by atoms with Crippen molar-refractivity contribution in [1.82, 2.24) is 9.80 Å². The molecule has 1 aromatic rings. The summed E-state index contributed by atoms with van der Waals surface area (Å²) in [4.78, 5) is 18.1. The molecule has 2 fully saturated rings. The summed E-state index contributed by atoms with van der Waals surface area (Å²) in [6, 6.07) is 7.93. The molecule has 25 heavy (non-hydrogen) atoms. The largest absolute Gasteiger partial charge is 0.336 e. The number of benzene rings is 1. The molecule has 1 amide bonds. The van der Waals surface area contributed by atoms with Crippen molar-refractivity contribution in [2.75, 3.05) is 37.7 Å². The molecule has 0 aromatic heterocycles. The third-order valence-electron chi connectivity index (χ3n) is 4.81. The van der Waals surface area contributed by atoms with Crippen molar-refractivity contribution in [3.63, 3.8) is 0 Å². The second-order valence-corrected chi connectivity index (χ2v) is 10.9. The maximum Gasteiger partial charge on any atom is 0.255 e. The Balaban J connectivity index is 1.62. The van der Waals surface area contributed by atoms with Crippen LogP contribution in [0.5, 0.6) is 0 Å². The number of thioether (sulfide) groups is 1. The van der Waals surface area contributed by atoms with Crippen molar-refractivity contribution in [3.8, 4) is 0 Å². The Kier molecular flexibility index (Phi) is 5.75. The first-order valence-corrected chi connectivity index (χ1v) is 11.6. The zero-order valence-corrected chi connectivity index (χ0v) is 16.5. The van der Waals surface area contributed by atoms with Crippen molar-refractivity contribution in [2.24, 2.45) is 0 Å². The summed E-state index contributed by atoms with van der Waals surface area (Å²) in [5, 5.41) is 0.426. The number of rotatable bonds is 4. The van der Waals surface area contributed by atoms with E-state index >= 15 is 0 Å². The van der Waals surface area contributed by atoms with E-state index in [0.717, 1.165) is 30.0 Å². The lowest BCUT2D eigenvalue weighted by molar-refractivity contribution is 0.0584. The minimum atomic E-state index is -2.86. The molecule has 2 aliphatic rings. The first-order chi connectivity index (χ1) is 11.9. The Morgan fingerprint density at radius 1 is 1.16 bits per heavy atom. The Labute approximate surface area is 154 Å². The molecule has 2 saturated heterocycles. The van der Waals surface area contributed by atoms with Crippen LogP contribution in [0, 0.1) is 0 Å². The number of carbonyl (C=O) groups excluding carboxylic acids is 1. The SMILES string of the molecule is CC(C)Sc1ccccc1C(=O)N1CCN(C2CCS(=O)(=O)C2)CC1. The molecule has 3 rings (SSSR count). The maximum absolute atomic E-state index is 12.9. The van der Waals surface area contributed by atoms with Crippen LogP contribution >= 0.6 is 11.8 Å². The molecule has 1 aromatic carbocycles. The van der Waals surface area contributed by atoms with E-state index < -0.39 is 9.84 Å². The van der Waals surface area contributed by atoms with Gasteiger partial charge in [-0.15, -0.1) is 11.8 Å². The smallest absolute Gasteiger partial charge is 0.255 e. The molecule has 1 unspecified atom stereocenters. The third kappa shape index (κ3) is 4.57. The van der Waals surface area contributed by atoms with Crippen LogP contribution in [-0.4, -0.2) is 73.1 Å². The average Bonchev–Trinajstić information content (AvgIpc) is 2.94. The first-order valence-electron chi connectivity index (χ1n) is 8.85. The normalized spacial score (nSPS) is 24.0. The quantitative estimate of drug-likeness (QED) is 0.747. The van der Waals surface area contributed by atoms with Gasteiger partial charge in [-0.1, -0.05) is 26.0 Å². The number of sulfone groups is 1. The molecule has 5 nitrogen and oxygen atoms in total. The van der Waals surface area contributed by atoms with Gasteiger partial charge in [0.25, 0.3) is 5.91 Å². The molecule has 0 spiro atoms. The highest BCUT2D eigenvalue weighted by atomic mass is 32.2. The van der Waals surface area contributed by atoms with Crippen molar-refractivity contribution < 1.29 is 13.2 Å². The van der Waals surface area contributed by atoms with E-state index in [-0.39, 0.29) is 17.7 Å². The Morgan fingerprint density at radius 2 is 1.84 bits per heavy atom. The molecule has 0 aliphatic carbocycles. The van der Waals surface area contributed by atoms with Gasteiger partial charge in [0.15, 0.2) is 9.84 Å². The van der Waals surface area contributed by atoms with Crippen LogP contribution in [0.4, 0.5) is 0 Å². The van der Waals surface area contributed by atoms with E-state index in [1.807, 2.05) is 29.2 Å². The topological polar surface area (TPSA) is 57.7 Å². The van der Waals surface area contributed by atoms with Crippen LogP contribution in [0.15, 0.2) is 29.2 Å². The van der Waals surface area contributed by atoms with E-state index in [0.29, 0.717) is 24.1 Å². The summed E-state index contributed by atoms with van der Waals surface area (Å²) in [6.45, 7) is 7.09. The zero-order valence-electron chi connectivity index (χ0n) is 14.8. The zero-order chi connectivity index (χ0) is 18.0. The number of amides is 1. The standard InChI is InChI=1S/C18H26N2O3S2/c1-14(2)24-17-6-4-3-5-16(17)18(21)20-10-8-19(9-11-20)15-7-12-25(22,23)13-15/h3-6,14-15H,7-13H2,1-2H3. The molecule has 0 radical (unpaired) electrons. The van der Waals surface area contributed by atoms with E-state index in [1.165, 1.54) is 0 Å². The van der Waals surface area contributed by atoms with Gasteiger partial charge in [-0.3, -0.25) is 9.69 Å². The lowest BCUT2D eigenvalue weighted by Crippen LogP contribution is -2.52. The molecule has 138 valence electrons. The van der Waals surface area contributed by atoms with Crippen LogP contribution in [0.2, 0.25) is 0 Å². The Bertz CT molecular complexity index is 726. The Morgan fingerprint density at radius 3 is 2.44 bits per heavy atom. The van der Waals surface area contributed by atoms with E-state index in [4.69, 9.17) is 0 Å². The summed E-state index contributed by atoms with van der Waals surface area (Å²) in [5.74, 6) is 0.660. The summed E-state index contributed by atoms with van der Waals surface area (Å²) < 4.78 is 23.3. The van der Waals surface area contributed by atoms with Gasteiger partial charge in [0.2, 0.25) is 0 Å². The third-order valence-corrected chi connectivity index (χ3v) is 7.64. The molecule has 0 saturated carbocycles. The van der Waals surface area contributed by atoms with Gasteiger partial charge in [-0.2, -0.15) is 0 Å². The molecule has 2 aliphatic heterocycles.